The van der Waals surface area contributed by atoms with Crippen LogP contribution in [0.15, 0.2) is 66.7 Å². The van der Waals surface area contributed by atoms with Gasteiger partial charge in [0.25, 0.3) is 0 Å². The monoisotopic (exact) mass is 374 g/mol. The van der Waals surface area contributed by atoms with Crippen LogP contribution in [0.3, 0.4) is 0 Å². The number of aliphatic hydroxyl groups excluding tert-OH is 1. The van der Waals surface area contributed by atoms with Gasteiger partial charge >= 0.3 is 0 Å². The van der Waals surface area contributed by atoms with E-state index in [1.165, 1.54) is 27.8 Å². The number of hydrogen-bond acceptors (Lipinski definition) is 3. The molecular formula is C25H30N2O. The van der Waals surface area contributed by atoms with Crippen molar-refractivity contribution < 1.29 is 5.11 Å². The highest BCUT2D eigenvalue weighted by Gasteiger charge is 2.11. The minimum absolute atomic E-state index is 0.0367. The molecule has 3 N–H and O–H groups in total. The minimum atomic E-state index is -0.0367. The van der Waals surface area contributed by atoms with E-state index in [0.29, 0.717) is 0 Å². The zero-order valence-corrected chi connectivity index (χ0v) is 17.0. The predicted octanol–water partition coefficient (Wildman–Crippen LogP) is 5.24. The van der Waals surface area contributed by atoms with Gasteiger partial charge in [-0.3, -0.25) is 0 Å². The summed E-state index contributed by atoms with van der Waals surface area (Å²) in [5.74, 6) is 0. The van der Waals surface area contributed by atoms with Gasteiger partial charge in [-0.1, -0.05) is 65.7 Å². The molecule has 3 aromatic rings. The second kappa shape index (κ2) is 9.43. The van der Waals surface area contributed by atoms with E-state index >= 15 is 0 Å². The van der Waals surface area contributed by atoms with Crippen LogP contribution in [0.2, 0.25) is 0 Å². The highest BCUT2D eigenvalue weighted by Crippen LogP contribution is 2.25. The van der Waals surface area contributed by atoms with E-state index in [0.717, 1.165) is 24.3 Å². The quantitative estimate of drug-likeness (QED) is 0.505. The largest absolute Gasteiger partial charge is 0.394 e. The van der Waals surface area contributed by atoms with Crippen molar-refractivity contribution in [1.82, 2.24) is 0 Å². The van der Waals surface area contributed by atoms with E-state index in [1.54, 1.807) is 0 Å². The van der Waals surface area contributed by atoms with Gasteiger partial charge in [0.1, 0.15) is 0 Å². The maximum atomic E-state index is 9.90. The lowest BCUT2D eigenvalue weighted by Crippen LogP contribution is -2.27. The van der Waals surface area contributed by atoms with Gasteiger partial charge < -0.3 is 15.7 Å². The van der Waals surface area contributed by atoms with Gasteiger partial charge in [-0.2, -0.15) is 0 Å². The molecule has 146 valence electrons. The van der Waals surface area contributed by atoms with Crippen LogP contribution >= 0.6 is 0 Å². The molecule has 0 aliphatic heterocycles. The van der Waals surface area contributed by atoms with Crippen molar-refractivity contribution in [2.24, 2.45) is 0 Å². The molecule has 0 heterocycles. The van der Waals surface area contributed by atoms with Crippen molar-refractivity contribution >= 4 is 11.4 Å². The number of nitrogens with one attached hydrogen (secondary N) is 2. The highest BCUT2D eigenvalue weighted by molar-refractivity contribution is 5.70. The Labute approximate surface area is 168 Å². The Hall–Kier alpha value is -2.78. The first-order valence-electron chi connectivity index (χ1n) is 9.86. The first-order chi connectivity index (χ1) is 13.5. The Morgan fingerprint density at radius 3 is 1.89 bits per heavy atom. The van der Waals surface area contributed by atoms with Crippen molar-refractivity contribution in [2.45, 2.75) is 39.8 Å². The van der Waals surface area contributed by atoms with Gasteiger partial charge in [-0.25, -0.2) is 0 Å². The number of aryl methyl sites for hydroxylation is 3. The standard InChI is InChI=1S/C25H30N2O/c1-18-4-9-21(10-5-18)15-23(17-28)27-24-13-8-20(3)14-25(24)26-16-22-11-6-19(2)7-12-22/h4-14,23,26-28H,15-17H2,1-3H3/t23-/m0/s1. The zero-order chi connectivity index (χ0) is 19.9. The smallest absolute Gasteiger partial charge is 0.0636 e. The van der Waals surface area contributed by atoms with Crippen molar-refractivity contribution in [3.8, 4) is 0 Å². The average Bonchev–Trinajstić information content (AvgIpc) is 2.70. The Morgan fingerprint density at radius 2 is 1.29 bits per heavy atom. The lowest BCUT2D eigenvalue weighted by molar-refractivity contribution is 0.274. The fraction of sp³-hybridized carbons (Fsp3) is 0.280. The summed E-state index contributed by atoms with van der Waals surface area (Å²) in [7, 11) is 0. The van der Waals surface area contributed by atoms with Crippen LogP contribution in [0, 0.1) is 20.8 Å². The van der Waals surface area contributed by atoms with Gasteiger partial charge in [-0.15, -0.1) is 0 Å². The normalized spacial score (nSPS) is 11.9. The van der Waals surface area contributed by atoms with Gasteiger partial charge in [0.15, 0.2) is 0 Å². The maximum Gasteiger partial charge on any atom is 0.0636 e. The summed E-state index contributed by atoms with van der Waals surface area (Å²) < 4.78 is 0. The Morgan fingerprint density at radius 1 is 0.714 bits per heavy atom. The molecule has 0 saturated heterocycles. The third-order valence-electron chi connectivity index (χ3n) is 4.96. The molecule has 0 bridgehead atoms. The molecule has 0 fully saturated rings. The molecule has 0 aliphatic rings. The Bertz CT molecular complexity index is 885. The number of rotatable bonds is 8. The van der Waals surface area contributed by atoms with Crippen LogP contribution in [-0.4, -0.2) is 17.8 Å². The molecule has 1 atom stereocenters. The van der Waals surface area contributed by atoms with Crippen molar-refractivity contribution in [1.29, 1.82) is 0 Å². The third-order valence-corrected chi connectivity index (χ3v) is 4.96. The Kier molecular flexibility index (Phi) is 6.72. The number of aliphatic hydroxyl groups is 1. The lowest BCUT2D eigenvalue weighted by Gasteiger charge is -2.21. The predicted molar refractivity (Wildman–Crippen MR) is 119 cm³/mol. The van der Waals surface area contributed by atoms with E-state index in [-0.39, 0.29) is 12.6 Å². The molecule has 28 heavy (non-hydrogen) atoms. The summed E-state index contributed by atoms with van der Waals surface area (Å²) in [5.41, 5.74) is 8.26. The summed E-state index contributed by atoms with van der Waals surface area (Å²) in [6, 6.07) is 23.4. The summed E-state index contributed by atoms with van der Waals surface area (Å²) in [6.07, 6.45) is 0.780. The fourth-order valence-corrected chi connectivity index (χ4v) is 3.22. The maximum absolute atomic E-state index is 9.90. The molecule has 3 aromatic carbocycles. The first kappa shape index (κ1) is 20.0. The molecule has 0 saturated carbocycles. The summed E-state index contributed by atoms with van der Waals surface area (Å²) >= 11 is 0. The topological polar surface area (TPSA) is 44.3 Å². The minimum Gasteiger partial charge on any atom is -0.394 e. The van der Waals surface area contributed by atoms with Gasteiger partial charge in [0, 0.05) is 6.54 Å². The molecule has 0 aromatic heterocycles. The Balaban J connectivity index is 1.71. The van der Waals surface area contributed by atoms with E-state index in [2.05, 4.69) is 98.1 Å². The summed E-state index contributed by atoms with van der Waals surface area (Å²) in [4.78, 5) is 0. The highest BCUT2D eigenvalue weighted by atomic mass is 16.3. The molecule has 3 nitrogen and oxygen atoms in total. The number of benzene rings is 3. The molecule has 3 heteroatoms. The van der Waals surface area contributed by atoms with E-state index in [9.17, 15) is 5.11 Å². The average molecular weight is 375 g/mol. The van der Waals surface area contributed by atoms with Gasteiger partial charge in [0.05, 0.1) is 24.0 Å². The van der Waals surface area contributed by atoms with E-state index < -0.39 is 0 Å². The molecule has 0 spiro atoms. The van der Waals surface area contributed by atoms with Gasteiger partial charge in [-0.05, 0) is 56.0 Å². The summed E-state index contributed by atoms with van der Waals surface area (Å²) in [6.45, 7) is 7.13. The third kappa shape index (κ3) is 5.61. The van der Waals surface area contributed by atoms with Crippen LogP contribution in [0.1, 0.15) is 27.8 Å². The van der Waals surface area contributed by atoms with Crippen LogP contribution < -0.4 is 10.6 Å². The molecule has 0 unspecified atom stereocenters. The second-order valence-corrected chi connectivity index (χ2v) is 7.60. The van der Waals surface area contributed by atoms with Crippen LogP contribution in [0.5, 0.6) is 0 Å². The number of anilines is 2. The molecular weight excluding hydrogens is 344 g/mol. The molecule has 0 radical (unpaired) electrons. The van der Waals surface area contributed by atoms with Crippen molar-refractivity contribution in [2.75, 3.05) is 17.2 Å². The van der Waals surface area contributed by atoms with Crippen molar-refractivity contribution in [3.63, 3.8) is 0 Å². The number of hydrogen-bond donors (Lipinski definition) is 3. The SMILES string of the molecule is Cc1ccc(CNc2cc(C)ccc2N[C@H](CO)Cc2ccc(C)cc2)cc1. The first-order valence-corrected chi connectivity index (χ1v) is 9.86. The van der Waals surface area contributed by atoms with Crippen molar-refractivity contribution in [3.05, 3.63) is 94.5 Å². The summed E-state index contributed by atoms with van der Waals surface area (Å²) in [5, 5.41) is 17.0. The van der Waals surface area contributed by atoms with Crippen LogP contribution in [-0.2, 0) is 13.0 Å². The second-order valence-electron chi connectivity index (χ2n) is 7.60. The van der Waals surface area contributed by atoms with E-state index in [1.807, 2.05) is 0 Å². The molecule has 0 amide bonds. The van der Waals surface area contributed by atoms with Crippen LogP contribution in [0.4, 0.5) is 11.4 Å². The van der Waals surface area contributed by atoms with E-state index in [4.69, 9.17) is 0 Å². The molecule has 0 aliphatic carbocycles. The van der Waals surface area contributed by atoms with Gasteiger partial charge in [0.2, 0.25) is 0 Å². The van der Waals surface area contributed by atoms with Crippen LogP contribution in [0.25, 0.3) is 0 Å². The molecule has 3 rings (SSSR count). The fourth-order valence-electron chi connectivity index (χ4n) is 3.22. The lowest BCUT2D eigenvalue weighted by atomic mass is 10.0. The zero-order valence-electron chi connectivity index (χ0n) is 17.0.